The predicted molar refractivity (Wildman–Crippen MR) is 92.0 cm³/mol. The maximum atomic E-state index is 11.7. The molecule has 0 unspecified atom stereocenters. The highest BCUT2D eigenvalue weighted by atomic mass is 16.3. The van der Waals surface area contributed by atoms with E-state index in [9.17, 15) is 9.59 Å². The van der Waals surface area contributed by atoms with Gasteiger partial charge in [-0.15, -0.1) is 0 Å². The van der Waals surface area contributed by atoms with E-state index in [1.165, 1.54) is 6.08 Å². The highest BCUT2D eigenvalue weighted by molar-refractivity contribution is 5.94. The molecule has 1 aromatic carbocycles. The standard InChI is InChI=1S/C18H26N2O3/c1-18(2,13-21)11-4-12-20-16(22)10-7-14-5-8-15(9-6-14)17(23)19-3/h5-10,21H,4,11-13H2,1-3H3,(H,19,23)(H,20,22)/b10-7+. The summed E-state index contributed by atoms with van der Waals surface area (Å²) in [5.74, 6) is -0.286. The molecule has 2 amide bonds. The molecule has 0 spiro atoms. The minimum Gasteiger partial charge on any atom is -0.396 e. The second-order valence-corrected chi connectivity index (χ2v) is 6.25. The largest absolute Gasteiger partial charge is 0.396 e. The van der Waals surface area contributed by atoms with E-state index < -0.39 is 0 Å². The lowest BCUT2D eigenvalue weighted by Gasteiger charge is -2.20. The number of nitrogens with one attached hydrogen (secondary N) is 2. The number of hydrogen-bond donors (Lipinski definition) is 3. The molecule has 23 heavy (non-hydrogen) atoms. The zero-order valence-electron chi connectivity index (χ0n) is 14.1. The van der Waals surface area contributed by atoms with Crippen LogP contribution >= 0.6 is 0 Å². The normalized spacial score (nSPS) is 11.5. The first-order chi connectivity index (χ1) is 10.9. The molecule has 126 valence electrons. The van der Waals surface area contributed by atoms with Crippen LogP contribution in [-0.2, 0) is 4.79 Å². The van der Waals surface area contributed by atoms with Crippen molar-refractivity contribution < 1.29 is 14.7 Å². The number of amides is 2. The number of carbonyl (C=O) groups excluding carboxylic acids is 2. The average molecular weight is 318 g/mol. The van der Waals surface area contributed by atoms with Crippen LogP contribution in [0.1, 0.15) is 42.6 Å². The Hall–Kier alpha value is -2.14. The Morgan fingerprint density at radius 2 is 1.87 bits per heavy atom. The van der Waals surface area contributed by atoms with Crippen molar-refractivity contribution in [2.75, 3.05) is 20.2 Å². The van der Waals surface area contributed by atoms with Gasteiger partial charge < -0.3 is 15.7 Å². The van der Waals surface area contributed by atoms with E-state index in [1.807, 2.05) is 13.8 Å². The number of aliphatic hydroxyl groups excluding tert-OH is 1. The van der Waals surface area contributed by atoms with Crippen molar-refractivity contribution >= 4 is 17.9 Å². The molecule has 0 aliphatic rings. The van der Waals surface area contributed by atoms with Crippen LogP contribution in [0.3, 0.4) is 0 Å². The Kier molecular flexibility index (Phi) is 7.48. The molecule has 0 bridgehead atoms. The summed E-state index contributed by atoms with van der Waals surface area (Å²) < 4.78 is 0. The van der Waals surface area contributed by atoms with Crippen LogP contribution in [0, 0.1) is 5.41 Å². The molecule has 0 saturated heterocycles. The molecule has 3 N–H and O–H groups in total. The topological polar surface area (TPSA) is 78.4 Å². The lowest BCUT2D eigenvalue weighted by atomic mass is 9.89. The summed E-state index contributed by atoms with van der Waals surface area (Å²) in [6.07, 6.45) is 4.87. The van der Waals surface area contributed by atoms with Gasteiger partial charge in [0.2, 0.25) is 5.91 Å². The number of rotatable bonds is 8. The summed E-state index contributed by atoms with van der Waals surface area (Å²) in [4.78, 5) is 23.1. The highest BCUT2D eigenvalue weighted by Gasteiger charge is 2.15. The molecule has 0 fully saturated rings. The van der Waals surface area contributed by atoms with Gasteiger partial charge in [0.05, 0.1) is 0 Å². The SMILES string of the molecule is CNC(=O)c1ccc(/C=C/C(=O)NCCCC(C)(C)CO)cc1. The van der Waals surface area contributed by atoms with Gasteiger partial charge in [-0.05, 0) is 42.0 Å². The predicted octanol–water partition coefficient (Wildman–Crippen LogP) is 1.97. The fraction of sp³-hybridized carbons (Fsp3) is 0.444. The van der Waals surface area contributed by atoms with Crippen molar-refractivity contribution in [2.45, 2.75) is 26.7 Å². The van der Waals surface area contributed by atoms with Crippen LogP contribution in [0.25, 0.3) is 6.08 Å². The van der Waals surface area contributed by atoms with Crippen molar-refractivity contribution in [1.29, 1.82) is 0 Å². The van der Waals surface area contributed by atoms with E-state index in [0.717, 1.165) is 18.4 Å². The van der Waals surface area contributed by atoms with E-state index in [1.54, 1.807) is 37.4 Å². The molecule has 0 aliphatic carbocycles. The van der Waals surface area contributed by atoms with Gasteiger partial charge in [0.25, 0.3) is 5.91 Å². The number of aliphatic hydroxyl groups is 1. The fourth-order valence-electron chi connectivity index (χ4n) is 1.98. The third-order valence-corrected chi connectivity index (χ3v) is 3.58. The zero-order valence-corrected chi connectivity index (χ0v) is 14.1. The number of carbonyl (C=O) groups is 2. The first-order valence-electron chi connectivity index (χ1n) is 7.77. The number of benzene rings is 1. The maximum Gasteiger partial charge on any atom is 0.251 e. The van der Waals surface area contributed by atoms with E-state index in [0.29, 0.717) is 12.1 Å². The fourth-order valence-corrected chi connectivity index (χ4v) is 1.98. The first kappa shape index (κ1) is 18.9. The summed E-state index contributed by atoms with van der Waals surface area (Å²) in [5.41, 5.74) is 1.34. The summed E-state index contributed by atoms with van der Waals surface area (Å²) in [5, 5.41) is 14.5. The molecule has 5 heteroatoms. The van der Waals surface area contributed by atoms with Crippen LogP contribution in [0.2, 0.25) is 0 Å². The summed E-state index contributed by atoms with van der Waals surface area (Å²) >= 11 is 0. The van der Waals surface area contributed by atoms with Crippen molar-refractivity contribution in [1.82, 2.24) is 10.6 Å². The van der Waals surface area contributed by atoms with Gasteiger partial charge in [-0.25, -0.2) is 0 Å². The lowest BCUT2D eigenvalue weighted by Crippen LogP contribution is -2.24. The average Bonchev–Trinajstić information content (AvgIpc) is 2.56. The first-order valence-corrected chi connectivity index (χ1v) is 7.77. The molecule has 0 aliphatic heterocycles. The molecule has 0 atom stereocenters. The molecule has 5 nitrogen and oxygen atoms in total. The van der Waals surface area contributed by atoms with Crippen molar-refractivity contribution in [3.63, 3.8) is 0 Å². The molecule has 1 aromatic rings. The van der Waals surface area contributed by atoms with Gasteiger partial charge in [-0.1, -0.05) is 26.0 Å². The summed E-state index contributed by atoms with van der Waals surface area (Å²) in [6.45, 7) is 4.73. The second-order valence-electron chi connectivity index (χ2n) is 6.25. The quantitative estimate of drug-likeness (QED) is 0.506. The van der Waals surface area contributed by atoms with Gasteiger partial charge in [0.15, 0.2) is 0 Å². The van der Waals surface area contributed by atoms with Gasteiger partial charge in [0, 0.05) is 31.8 Å². The van der Waals surface area contributed by atoms with Crippen LogP contribution in [0.5, 0.6) is 0 Å². The zero-order chi connectivity index (χ0) is 17.3. The van der Waals surface area contributed by atoms with Crippen LogP contribution in [0.15, 0.2) is 30.3 Å². The van der Waals surface area contributed by atoms with Crippen molar-refractivity contribution in [3.8, 4) is 0 Å². The van der Waals surface area contributed by atoms with Gasteiger partial charge in [0.1, 0.15) is 0 Å². The Labute approximate surface area is 137 Å². The number of hydrogen-bond acceptors (Lipinski definition) is 3. The Morgan fingerprint density at radius 1 is 1.22 bits per heavy atom. The van der Waals surface area contributed by atoms with Crippen molar-refractivity contribution in [2.24, 2.45) is 5.41 Å². The molecule has 0 heterocycles. The van der Waals surface area contributed by atoms with E-state index in [4.69, 9.17) is 5.11 Å². The lowest BCUT2D eigenvalue weighted by molar-refractivity contribution is -0.116. The van der Waals surface area contributed by atoms with Crippen LogP contribution in [0.4, 0.5) is 0 Å². The molecule has 1 rings (SSSR count). The Balaban J connectivity index is 2.39. The summed E-state index contributed by atoms with van der Waals surface area (Å²) in [6, 6.07) is 7.01. The van der Waals surface area contributed by atoms with Gasteiger partial charge in [-0.2, -0.15) is 0 Å². The smallest absolute Gasteiger partial charge is 0.251 e. The van der Waals surface area contributed by atoms with Crippen LogP contribution < -0.4 is 10.6 Å². The monoisotopic (exact) mass is 318 g/mol. The van der Waals surface area contributed by atoms with Crippen molar-refractivity contribution in [3.05, 3.63) is 41.5 Å². The molecule has 0 saturated carbocycles. The second kappa shape index (κ2) is 9.10. The van der Waals surface area contributed by atoms with E-state index >= 15 is 0 Å². The minimum atomic E-state index is -0.151. The molecule has 0 aromatic heterocycles. The van der Waals surface area contributed by atoms with E-state index in [2.05, 4.69) is 10.6 Å². The highest BCUT2D eigenvalue weighted by Crippen LogP contribution is 2.20. The minimum absolute atomic E-state index is 0.104. The molecular weight excluding hydrogens is 292 g/mol. The molecule has 0 radical (unpaired) electrons. The maximum absolute atomic E-state index is 11.7. The summed E-state index contributed by atoms with van der Waals surface area (Å²) in [7, 11) is 1.59. The van der Waals surface area contributed by atoms with Gasteiger partial charge >= 0.3 is 0 Å². The van der Waals surface area contributed by atoms with E-state index in [-0.39, 0.29) is 23.8 Å². The third kappa shape index (κ3) is 7.10. The van der Waals surface area contributed by atoms with Crippen LogP contribution in [-0.4, -0.2) is 37.1 Å². The molecular formula is C18H26N2O3. The third-order valence-electron chi connectivity index (χ3n) is 3.58. The Bertz CT molecular complexity index is 548. The Morgan fingerprint density at radius 3 is 2.43 bits per heavy atom. The van der Waals surface area contributed by atoms with Gasteiger partial charge in [-0.3, -0.25) is 9.59 Å².